The van der Waals surface area contributed by atoms with Gasteiger partial charge in [0.1, 0.15) is 22.4 Å². The molecule has 1 aromatic heterocycles. The molecule has 0 saturated heterocycles. The summed E-state index contributed by atoms with van der Waals surface area (Å²) in [7, 11) is -3.95. The molecule has 0 aliphatic rings. The summed E-state index contributed by atoms with van der Waals surface area (Å²) in [5.74, 6) is -3.58. The van der Waals surface area contributed by atoms with Gasteiger partial charge in [-0.15, -0.1) is 11.3 Å². The maximum Gasteiger partial charge on any atom is 0.351 e. The molecule has 4 N–H and O–H groups in total. The highest BCUT2D eigenvalue weighted by Crippen LogP contribution is 2.25. The molecule has 0 saturated carbocycles. The molecule has 0 unspecified atom stereocenters. The average molecular weight is 497 g/mol. The first kappa shape index (κ1) is 25.6. The van der Waals surface area contributed by atoms with E-state index < -0.39 is 46.2 Å². The van der Waals surface area contributed by atoms with Crippen molar-refractivity contribution in [3.8, 4) is 10.6 Å². The fourth-order valence-corrected chi connectivity index (χ4v) is 3.50. The Morgan fingerprint density at radius 1 is 1.21 bits per heavy atom. The lowest BCUT2D eigenvalue weighted by Crippen LogP contribution is -2.50. The average Bonchev–Trinajstić information content (AvgIpc) is 3.20. The van der Waals surface area contributed by atoms with Crippen molar-refractivity contribution in [2.75, 3.05) is 18.2 Å². The molecule has 1 atom stereocenters. The van der Waals surface area contributed by atoms with E-state index in [-0.39, 0.29) is 11.6 Å². The summed E-state index contributed by atoms with van der Waals surface area (Å²) in [6.45, 7) is 3.75. The SMILES string of the molecule is C=C(NC(=O)[C@H](COS(C)(=O)=O)NC(=O)c1csc(-c2ccc(NC(C)=O)cc2)n1)C(=O)O. The third-order valence-corrected chi connectivity index (χ3v) is 5.25. The van der Waals surface area contributed by atoms with E-state index in [0.717, 1.165) is 17.6 Å². The lowest BCUT2D eigenvalue weighted by molar-refractivity contribution is -0.135. The molecular formula is C19H20N4O8S2. The normalized spacial score (nSPS) is 11.8. The van der Waals surface area contributed by atoms with Crippen LogP contribution in [-0.2, 0) is 28.7 Å². The predicted octanol–water partition coefficient (Wildman–Crippen LogP) is 0.558. The van der Waals surface area contributed by atoms with E-state index in [1.54, 1.807) is 24.3 Å². The minimum absolute atomic E-state index is 0.0600. The fraction of sp³-hybridized carbons (Fsp3) is 0.211. The molecule has 33 heavy (non-hydrogen) atoms. The van der Waals surface area contributed by atoms with Gasteiger partial charge in [0.2, 0.25) is 11.8 Å². The molecule has 2 aromatic rings. The van der Waals surface area contributed by atoms with Gasteiger partial charge in [0.25, 0.3) is 16.0 Å². The minimum Gasteiger partial charge on any atom is -0.477 e. The van der Waals surface area contributed by atoms with Gasteiger partial charge in [0, 0.05) is 23.6 Å². The number of hydrogen-bond donors (Lipinski definition) is 4. The number of hydrogen-bond acceptors (Lipinski definition) is 9. The van der Waals surface area contributed by atoms with Crippen LogP contribution in [0.15, 0.2) is 41.9 Å². The second kappa shape index (κ2) is 10.8. The van der Waals surface area contributed by atoms with Crippen LogP contribution in [0.1, 0.15) is 17.4 Å². The Balaban J connectivity index is 2.15. The highest BCUT2D eigenvalue weighted by Gasteiger charge is 2.26. The Kier molecular flexibility index (Phi) is 8.39. The summed E-state index contributed by atoms with van der Waals surface area (Å²) in [6.07, 6.45) is 0.754. The van der Waals surface area contributed by atoms with E-state index in [1.807, 2.05) is 5.32 Å². The van der Waals surface area contributed by atoms with Crippen LogP contribution >= 0.6 is 11.3 Å². The molecule has 0 radical (unpaired) electrons. The number of rotatable bonds is 10. The molecule has 3 amide bonds. The molecular weight excluding hydrogens is 476 g/mol. The van der Waals surface area contributed by atoms with Gasteiger partial charge < -0.3 is 21.1 Å². The number of anilines is 1. The van der Waals surface area contributed by atoms with Crippen LogP contribution in [0.25, 0.3) is 10.6 Å². The van der Waals surface area contributed by atoms with Crippen LogP contribution in [0.3, 0.4) is 0 Å². The van der Waals surface area contributed by atoms with Gasteiger partial charge in [-0.05, 0) is 24.3 Å². The number of thiazole rings is 1. The number of nitrogens with one attached hydrogen (secondary N) is 3. The number of nitrogens with zero attached hydrogens (tertiary/aromatic N) is 1. The van der Waals surface area contributed by atoms with E-state index in [9.17, 15) is 27.6 Å². The number of carboxylic acids is 1. The lowest BCUT2D eigenvalue weighted by Gasteiger charge is -2.17. The molecule has 0 aliphatic carbocycles. The topological polar surface area (TPSA) is 181 Å². The van der Waals surface area contributed by atoms with Crippen LogP contribution in [0.4, 0.5) is 5.69 Å². The highest BCUT2D eigenvalue weighted by atomic mass is 32.2. The van der Waals surface area contributed by atoms with Gasteiger partial charge in [-0.1, -0.05) is 6.58 Å². The van der Waals surface area contributed by atoms with Crippen molar-refractivity contribution in [2.24, 2.45) is 0 Å². The van der Waals surface area contributed by atoms with Crippen molar-refractivity contribution in [2.45, 2.75) is 13.0 Å². The summed E-state index contributed by atoms with van der Waals surface area (Å²) in [6, 6.07) is 5.16. The van der Waals surface area contributed by atoms with Gasteiger partial charge in [0.05, 0.1) is 12.9 Å². The minimum atomic E-state index is -3.95. The maximum absolute atomic E-state index is 12.6. The van der Waals surface area contributed by atoms with Gasteiger partial charge in [-0.2, -0.15) is 8.42 Å². The monoisotopic (exact) mass is 496 g/mol. The van der Waals surface area contributed by atoms with Crippen LogP contribution in [0.5, 0.6) is 0 Å². The van der Waals surface area contributed by atoms with E-state index in [0.29, 0.717) is 16.3 Å². The molecule has 0 bridgehead atoms. The molecule has 0 aliphatic heterocycles. The quantitative estimate of drug-likeness (QED) is 0.270. The van der Waals surface area contributed by atoms with Crippen molar-refractivity contribution in [3.63, 3.8) is 0 Å². The second-order valence-electron chi connectivity index (χ2n) is 6.58. The first-order valence-corrected chi connectivity index (χ1v) is 11.8. The Labute approximate surface area is 192 Å². The van der Waals surface area contributed by atoms with E-state index in [4.69, 9.17) is 5.11 Å². The van der Waals surface area contributed by atoms with Crippen molar-refractivity contribution < 1.29 is 36.9 Å². The van der Waals surface area contributed by atoms with Crippen LogP contribution in [0, 0.1) is 0 Å². The van der Waals surface area contributed by atoms with Crippen molar-refractivity contribution >= 4 is 50.8 Å². The highest BCUT2D eigenvalue weighted by molar-refractivity contribution is 7.85. The molecule has 1 aromatic carbocycles. The van der Waals surface area contributed by atoms with Gasteiger partial charge in [-0.3, -0.25) is 18.6 Å². The van der Waals surface area contributed by atoms with E-state index in [2.05, 4.69) is 26.4 Å². The number of carboxylic acid groups (broad SMARTS) is 1. The summed E-state index contributed by atoms with van der Waals surface area (Å²) < 4.78 is 27.1. The van der Waals surface area contributed by atoms with Crippen LogP contribution in [0.2, 0.25) is 0 Å². The molecule has 0 spiro atoms. The van der Waals surface area contributed by atoms with Crippen LogP contribution in [-0.4, -0.2) is 61.1 Å². The summed E-state index contributed by atoms with van der Waals surface area (Å²) in [5, 5.41) is 17.6. The third-order valence-electron chi connectivity index (χ3n) is 3.79. The molecule has 12 nitrogen and oxygen atoms in total. The number of aromatic nitrogens is 1. The Hall–Kier alpha value is -3.62. The summed E-state index contributed by atoms with van der Waals surface area (Å²) >= 11 is 1.14. The predicted molar refractivity (Wildman–Crippen MR) is 119 cm³/mol. The van der Waals surface area contributed by atoms with Gasteiger partial charge >= 0.3 is 5.97 Å². The standard InChI is InChI=1S/C19H20N4O8S2/c1-10(19(27)28)20-16(25)14(8-31-33(3,29)30)22-17(26)15-9-32-18(23-15)12-4-6-13(7-5-12)21-11(2)24/h4-7,9,14H,1,8H2,2-3H3,(H,20,25)(H,21,24)(H,22,26)(H,27,28)/t14-/m0/s1. The molecule has 0 fully saturated rings. The van der Waals surface area contributed by atoms with Crippen molar-refractivity contribution in [3.05, 3.63) is 47.6 Å². The Morgan fingerprint density at radius 2 is 1.85 bits per heavy atom. The first-order chi connectivity index (χ1) is 15.4. The first-order valence-electron chi connectivity index (χ1n) is 9.07. The third kappa shape index (κ3) is 8.10. The largest absolute Gasteiger partial charge is 0.477 e. The Bertz CT molecular complexity index is 1190. The van der Waals surface area contributed by atoms with Gasteiger partial charge in [0.15, 0.2) is 0 Å². The zero-order valence-corrected chi connectivity index (χ0v) is 19.1. The summed E-state index contributed by atoms with van der Waals surface area (Å²) in [4.78, 5) is 51.1. The molecule has 1 heterocycles. The zero-order valence-electron chi connectivity index (χ0n) is 17.4. The maximum atomic E-state index is 12.6. The Morgan fingerprint density at radius 3 is 2.39 bits per heavy atom. The number of amides is 3. The smallest absolute Gasteiger partial charge is 0.351 e. The van der Waals surface area contributed by atoms with Crippen molar-refractivity contribution in [1.29, 1.82) is 0 Å². The fourth-order valence-electron chi connectivity index (χ4n) is 2.31. The van der Waals surface area contributed by atoms with Crippen LogP contribution < -0.4 is 16.0 Å². The number of carbonyl (C=O) groups is 4. The second-order valence-corrected chi connectivity index (χ2v) is 9.09. The molecule has 14 heteroatoms. The van der Waals surface area contributed by atoms with E-state index in [1.165, 1.54) is 12.3 Å². The summed E-state index contributed by atoms with van der Waals surface area (Å²) in [5.41, 5.74) is 0.525. The number of carbonyl (C=O) groups excluding carboxylic acids is 3. The number of aliphatic carboxylic acids is 1. The van der Waals surface area contributed by atoms with Crippen molar-refractivity contribution in [1.82, 2.24) is 15.6 Å². The van der Waals surface area contributed by atoms with E-state index >= 15 is 0 Å². The number of benzene rings is 1. The molecule has 176 valence electrons. The van der Waals surface area contributed by atoms with Gasteiger partial charge in [-0.25, -0.2) is 9.78 Å². The molecule has 2 rings (SSSR count). The zero-order chi connectivity index (χ0) is 24.8. The lowest BCUT2D eigenvalue weighted by atomic mass is 10.2.